The molecule has 0 unspecified atom stereocenters. The Morgan fingerprint density at radius 1 is 1.21 bits per heavy atom. The topological polar surface area (TPSA) is 21.3 Å². The fraction of sp³-hybridized carbons (Fsp3) is 1.00. The molecule has 2 fully saturated rings. The molecule has 14 heavy (non-hydrogen) atoms. The second kappa shape index (κ2) is 4.19. The van der Waals surface area contributed by atoms with E-state index in [1.807, 2.05) is 0 Å². The summed E-state index contributed by atoms with van der Waals surface area (Å²) in [4.78, 5) is 0. The van der Waals surface area contributed by atoms with Gasteiger partial charge in [0.25, 0.3) is 0 Å². The van der Waals surface area contributed by atoms with Crippen molar-refractivity contribution in [2.75, 3.05) is 19.8 Å². The van der Waals surface area contributed by atoms with Crippen LogP contribution in [0.15, 0.2) is 0 Å². The molecule has 82 valence electrons. The van der Waals surface area contributed by atoms with Crippen LogP contribution in [0.5, 0.6) is 0 Å². The van der Waals surface area contributed by atoms with E-state index in [9.17, 15) is 0 Å². The van der Waals surface area contributed by atoms with Gasteiger partial charge in [0.2, 0.25) is 0 Å². The van der Waals surface area contributed by atoms with Crippen molar-refractivity contribution in [3.8, 4) is 0 Å². The third-order valence-electron chi connectivity index (χ3n) is 3.63. The Morgan fingerprint density at radius 3 is 2.43 bits per heavy atom. The highest BCUT2D eigenvalue weighted by molar-refractivity contribution is 4.91. The zero-order chi connectivity index (χ0) is 10.0. The largest absolute Gasteiger partial charge is 0.381 e. The van der Waals surface area contributed by atoms with Crippen LogP contribution in [-0.2, 0) is 4.74 Å². The van der Waals surface area contributed by atoms with E-state index >= 15 is 0 Å². The molecule has 1 N–H and O–H groups in total. The molecule has 0 radical (unpaired) electrons. The SMILES string of the molecule is CC1(C)CC(NCC2CCOCC2)C1. The highest BCUT2D eigenvalue weighted by Gasteiger charge is 2.35. The molecule has 0 aromatic heterocycles. The van der Waals surface area contributed by atoms with Gasteiger partial charge in [-0.1, -0.05) is 13.8 Å². The van der Waals surface area contributed by atoms with Gasteiger partial charge in [0.15, 0.2) is 0 Å². The molecule has 0 aromatic carbocycles. The van der Waals surface area contributed by atoms with Crippen LogP contribution < -0.4 is 5.32 Å². The van der Waals surface area contributed by atoms with Gasteiger partial charge in [-0.25, -0.2) is 0 Å². The Morgan fingerprint density at radius 2 is 1.86 bits per heavy atom. The van der Waals surface area contributed by atoms with E-state index in [1.54, 1.807) is 0 Å². The van der Waals surface area contributed by atoms with Crippen molar-refractivity contribution in [2.45, 2.75) is 45.6 Å². The summed E-state index contributed by atoms with van der Waals surface area (Å²) >= 11 is 0. The van der Waals surface area contributed by atoms with Crippen LogP contribution in [0.2, 0.25) is 0 Å². The molecule has 1 aliphatic carbocycles. The minimum atomic E-state index is 0.605. The van der Waals surface area contributed by atoms with E-state index in [2.05, 4.69) is 19.2 Å². The second-order valence-electron chi connectivity index (χ2n) is 5.73. The van der Waals surface area contributed by atoms with Crippen LogP contribution in [0.25, 0.3) is 0 Å². The summed E-state index contributed by atoms with van der Waals surface area (Å²) in [5.74, 6) is 0.868. The van der Waals surface area contributed by atoms with Gasteiger partial charge >= 0.3 is 0 Å². The Hall–Kier alpha value is -0.0800. The smallest absolute Gasteiger partial charge is 0.0469 e. The summed E-state index contributed by atoms with van der Waals surface area (Å²) in [6.45, 7) is 7.88. The molecule has 0 spiro atoms. The van der Waals surface area contributed by atoms with Crippen LogP contribution in [-0.4, -0.2) is 25.8 Å². The molecule has 1 heterocycles. The maximum atomic E-state index is 5.35. The van der Waals surface area contributed by atoms with E-state index in [-0.39, 0.29) is 0 Å². The second-order valence-corrected chi connectivity index (χ2v) is 5.73. The highest BCUT2D eigenvalue weighted by Crippen LogP contribution is 2.39. The molecular weight excluding hydrogens is 174 g/mol. The Labute approximate surface area is 87.4 Å². The zero-order valence-electron chi connectivity index (χ0n) is 9.51. The van der Waals surface area contributed by atoms with Crippen LogP contribution in [0.1, 0.15) is 39.5 Å². The average Bonchev–Trinajstić information content (AvgIpc) is 2.13. The van der Waals surface area contributed by atoms with E-state index in [0.29, 0.717) is 5.41 Å². The van der Waals surface area contributed by atoms with Gasteiger partial charge in [-0.15, -0.1) is 0 Å². The lowest BCUT2D eigenvalue weighted by atomic mass is 9.68. The van der Waals surface area contributed by atoms with Gasteiger partial charge in [0.05, 0.1) is 0 Å². The van der Waals surface area contributed by atoms with Crippen LogP contribution in [0.3, 0.4) is 0 Å². The predicted molar refractivity (Wildman–Crippen MR) is 58.3 cm³/mol. The monoisotopic (exact) mass is 197 g/mol. The summed E-state index contributed by atoms with van der Waals surface area (Å²) in [6.07, 6.45) is 5.22. The van der Waals surface area contributed by atoms with Crippen LogP contribution in [0, 0.1) is 11.3 Å². The van der Waals surface area contributed by atoms with E-state index in [1.165, 1.54) is 32.2 Å². The number of hydrogen-bond acceptors (Lipinski definition) is 2. The van der Waals surface area contributed by atoms with Crippen molar-refractivity contribution in [1.29, 1.82) is 0 Å². The van der Waals surface area contributed by atoms with Gasteiger partial charge in [0.1, 0.15) is 0 Å². The minimum Gasteiger partial charge on any atom is -0.381 e. The highest BCUT2D eigenvalue weighted by atomic mass is 16.5. The van der Waals surface area contributed by atoms with Crippen LogP contribution in [0.4, 0.5) is 0 Å². The first-order valence-electron chi connectivity index (χ1n) is 5.97. The van der Waals surface area contributed by atoms with Crippen LogP contribution >= 0.6 is 0 Å². The summed E-state index contributed by atoms with van der Waals surface area (Å²) < 4.78 is 5.35. The Balaban J connectivity index is 1.59. The number of ether oxygens (including phenoxy) is 1. The fourth-order valence-electron chi connectivity index (χ4n) is 2.70. The maximum Gasteiger partial charge on any atom is 0.0469 e. The molecule has 2 nitrogen and oxygen atoms in total. The Bertz CT molecular complexity index is 177. The fourth-order valence-corrected chi connectivity index (χ4v) is 2.70. The molecule has 0 amide bonds. The van der Waals surface area contributed by atoms with Crippen molar-refractivity contribution in [3.63, 3.8) is 0 Å². The summed E-state index contributed by atoms with van der Waals surface area (Å²) in [6, 6.07) is 0.799. The number of rotatable bonds is 3. The van der Waals surface area contributed by atoms with E-state index in [0.717, 1.165) is 25.2 Å². The molecule has 2 rings (SSSR count). The van der Waals surface area contributed by atoms with E-state index in [4.69, 9.17) is 4.74 Å². The van der Waals surface area contributed by atoms with Gasteiger partial charge in [0, 0.05) is 19.3 Å². The summed E-state index contributed by atoms with van der Waals surface area (Å²) in [5.41, 5.74) is 0.605. The lowest BCUT2D eigenvalue weighted by Gasteiger charge is -2.43. The standard InChI is InChI=1S/C12H23NO/c1-12(2)7-11(8-12)13-9-10-3-5-14-6-4-10/h10-11,13H,3-9H2,1-2H3. The first-order chi connectivity index (χ1) is 6.66. The first kappa shape index (κ1) is 10.4. The molecule has 1 saturated heterocycles. The average molecular weight is 197 g/mol. The molecule has 2 aliphatic rings. The molecule has 2 heteroatoms. The van der Waals surface area contributed by atoms with Crippen molar-refractivity contribution >= 4 is 0 Å². The van der Waals surface area contributed by atoms with Crippen molar-refractivity contribution in [2.24, 2.45) is 11.3 Å². The van der Waals surface area contributed by atoms with E-state index < -0.39 is 0 Å². The molecule has 1 aliphatic heterocycles. The minimum absolute atomic E-state index is 0.605. The van der Waals surface area contributed by atoms with Crippen molar-refractivity contribution in [3.05, 3.63) is 0 Å². The lowest BCUT2D eigenvalue weighted by molar-refractivity contribution is 0.0588. The lowest BCUT2D eigenvalue weighted by Crippen LogP contribution is -2.47. The molecule has 1 saturated carbocycles. The van der Waals surface area contributed by atoms with Gasteiger partial charge in [-0.05, 0) is 43.6 Å². The number of nitrogens with one attached hydrogen (secondary N) is 1. The summed E-state index contributed by atoms with van der Waals surface area (Å²) in [5, 5.41) is 3.69. The quantitative estimate of drug-likeness (QED) is 0.749. The zero-order valence-corrected chi connectivity index (χ0v) is 9.51. The first-order valence-corrected chi connectivity index (χ1v) is 5.97. The summed E-state index contributed by atoms with van der Waals surface area (Å²) in [7, 11) is 0. The van der Waals surface area contributed by atoms with Gasteiger partial charge < -0.3 is 10.1 Å². The predicted octanol–water partition coefficient (Wildman–Crippen LogP) is 2.19. The van der Waals surface area contributed by atoms with Gasteiger partial charge in [-0.3, -0.25) is 0 Å². The molecular formula is C12H23NO. The number of hydrogen-bond donors (Lipinski definition) is 1. The normalized spacial score (nSPS) is 28.7. The third kappa shape index (κ3) is 2.71. The maximum absolute atomic E-state index is 5.35. The molecule has 0 atom stereocenters. The Kier molecular flexibility index (Phi) is 3.13. The van der Waals surface area contributed by atoms with Crippen molar-refractivity contribution in [1.82, 2.24) is 5.32 Å². The molecule has 0 aromatic rings. The van der Waals surface area contributed by atoms with Crippen molar-refractivity contribution < 1.29 is 4.74 Å². The molecule has 0 bridgehead atoms. The van der Waals surface area contributed by atoms with Gasteiger partial charge in [-0.2, -0.15) is 0 Å². The third-order valence-corrected chi connectivity index (χ3v) is 3.63.